The highest BCUT2D eigenvalue weighted by atomic mass is 19.4. The molecule has 0 bridgehead atoms. The second-order valence-corrected chi connectivity index (χ2v) is 8.04. The van der Waals surface area contributed by atoms with Gasteiger partial charge in [-0.3, -0.25) is 9.67 Å². The van der Waals surface area contributed by atoms with Crippen molar-refractivity contribution in [2.45, 2.75) is 50.7 Å². The Morgan fingerprint density at radius 1 is 1.32 bits per heavy atom. The molecule has 0 saturated heterocycles. The SMILES string of the molecule is CCOC(=O)c1oc2c(c1C(F)(F)F)-c1nn(Cc3ccccn3)cc1C1(CCC1)C2. The summed E-state index contributed by atoms with van der Waals surface area (Å²) in [7, 11) is 0. The standard InChI is InChI=1S/C22H20F3N3O3/c1-2-30-20(29)19-17(22(23,24)25)16-15(31-19)10-21(7-5-8-21)14-12-28(27-18(14)16)11-13-6-3-4-9-26-13/h3-4,6,9,12H,2,5,7-8,10-11H2,1H3. The van der Waals surface area contributed by atoms with Crippen molar-refractivity contribution < 1.29 is 27.1 Å². The van der Waals surface area contributed by atoms with Crippen LogP contribution < -0.4 is 0 Å². The van der Waals surface area contributed by atoms with E-state index in [4.69, 9.17) is 9.15 Å². The minimum atomic E-state index is -4.79. The van der Waals surface area contributed by atoms with Crippen molar-refractivity contribution in [3.05, 3.63) is 58.9 Å². The summed E-state index contributed by atoms with van der Waals surface area (Å²) in [4.78, 5) is 16.6. The van der Waals surface area contributed by atoms with E-state index in [9.17, 15) is 18.0 Å². The fraction of sp³-hybridized carbons (Fsp3) is 0.409. The number of rotatable bonds is 4. The van der Waals surface area contributed by atoms with Crippen LogP contribution in [0.5, 0.6) is 0 Å². The number of carbonyl (C=O) groups is 1. The van der Waals surface area contributed by atoms with Crippen molar-refractivity contribution >= 4 is 5.97 Å². The van der Waals surface area contributed by atoms with Crippen molar-refractivity contribution in [2.24, 2.45) is 0 Å². The van der Waals surface area contributed by atoms with Crippen molar-refractivity contribution in [2.75, 3.05) is 6.61 Å². The van der Waals surface area contributed by atoms with Gasteiger partial charge in [0.15, 0.2) is 0 Å². The van der Waals surface area contributed by atoms with Crippen LogP contribution >= 0.6 is 0 Å². The average Bonchev–Trinajstić information content (AvgIpc) is 3.28. The van der Waals surface area contributed by atoms with Crippen LogP contribution in [0.25, 0.3) is 11.3 Å². The Kier molecular flexibility index (Phi) is 4.46. The smallest absolute Gasteiger partial charge is 0.421 e. The molecule has 3 aromatic rings. The first-order valence-electron chi connectivity index (χ1n) is 10.2. The van der Waals surface area contributed by atoms with Crippen LogP contribution in [-0.4, -0.2) is 27.3 Å². The first-order valence-corrected chi connectivity index (χ1v) is 10.2. The Labute approximate surface area is 176 Å². The summed E-state index contributed by atoms with van der Waals surface area (Å²) >= 11 is 0. The number of halogens is 3. The number of nitrogens with zero attached hydrogens (tertiary/aromatic N) is 3. The van der Waals surface area contributed by atoms with Crippen LogP contribution in [0.3, 0.4) is 0 Å². The van der Waals surface area contributed by atoms with Crippen molar-refractivity contribution in [3.63, 3.8) is 0 Å². The summed E-state index contributed by atoms with van der Waals surface area (Å²) in [6.45, 7) is 1.83. The van der Waals surface area contributed by atoms with Crippen LogP contribution in [0.1, 0.15) is 59.3 Å². The van der Waals surface area contributed by atoms with Gasteiger partial charge in [-0.1, -0.05) is 12.5 Å². The molecule has 0 unspecified atom stereocenters. The fourth-order valence-electron chi connectivity index (χ4n) is 4.65. The predicted octanol–water partition coefficient (Wildman–Crippen LogP) is 4.76. The lowest BCUT2D eigenvalue weighted by Gasteiger charge is -2.43. The molecule has 1 spiro atoms. The molecular weight excluding hydrogens is 411 g/mol. The van der Waals surface area contributed by atoms with Crippen LogP contribution in [0, 0.1) is 0 Å². The normalized spacial score (nSPS) is 16.5. The summed E-state index contributed by atoms with van der Waals surface area (Å²) < 4.78 is 54.3. The van der Waals surface area contributed by atoms with Gasteiger partial charge in [-0.25, -0.2) is 4.79 Å². The lowest BCUT2D eigenvalue weighted by atomic mass is 9.59. The van der Waals surface area contributed by atoms with E-state index in [1.165, 1.54) is 6.92 Å². The molecule has 0 amide bonds. The zero-order valence-electron chi connectivity index (χ0n) is 16.8. The van der Waals surface area contributed by atoms with Gasteiger partial charge in [0, 0.05) is 29.8 Å². The van der Waals surface area contributed by atoms with E-state index in [2.05, 4.69) is 10.1 Å². The molecule has 6 nitrogen and oxygen atoms in total. The predicted molar refractivity (Wildman–Crippen MR) is 103 cm³/mol. The molecule has 2 aliphatic rings. The highest BCUT2D eigenvalue weighted by molar-refractivity contribution is 5.92. The lowest BCUT2D eigenvalue weighted by molar-refractivity contribution is -0.138. The van der Waals surface area contributed by atoms with Gasteiger partial charge in [-0.2, -0.15) is 18.3 Å². The number of esters is 1. The van der Waals surface area contributed by atoms with E-state index in [1.54, 1.807) is 16.9 Å². The molecule has 0 atom stereocenters. The molecular formula is C22H20F3N3O3. The van der Waals surface area contributed by atoms with Crippen LogP contribution in [-0.2, 0) is 29.3 Å². The van der Waals surface area contributed by atoms with E-state index in [0.717, 1.165) is 30.5 Å². The molecule has 0 radical (unpaired) electrons. The minimum absolute atomic E-state index is 0.0462. The molecule has 5 rings (SSSR count). The van der Waals surface area contributed by atoms with E-state index in [-0.39, 0.29) is 29.0 Å². The Balaban J connectivity index is 1.68. The van der Waals surface area contributed by atoms with E-state index >= 15 is 0 Å². The molecule has 3 aromatic heterocycles. The Hall–Kier alpha value is -3.10. The minimum Gasteiger partial charge on any atom is -0.460 e. The van der Waals surface area contributed by atoms with Gasteiger partial charge in [-0.05, 0) is 31.9 Å². The molecule has 2 aliphatic carbocycles. The number of pyridine rings is 1. The number of hydrogen-bond donors (Lipinski definition) is 0. The van der Waals surface area contributed by atoms with Gasteiger partial charge in [-0.15, -0.1) is 0 Å². The monoisotopic (exact) mass is 431 g/mol. The summed E-state index contributed by atoms with van der Waals surface area (Å²) in [6, 6.07) is 5.48. The second kappa shape index (κ2) is 6.96. The van der Waals surface area contributed by atoms with Crippen molar-refractivity contribution in [1.82, 2.24) is 14.8 Å². The first kappa shape index (κ1) is 19.8. The summed E-state index contributed by atoms with van der Waals surface area (Å²) in [5.41, 5.74) is 0.229. The number of carbonyl (C=O) groups excluding carboxylic acids is 1. The Bertz CT molecular complexity index is 1140. The highest BCUT2D eigenvalue weighted by Gasteiger charge is 2.52. The van der Waals surface area contributed by atoms with Crippen LogP contribution in [0.2, 0.25) is 0 Å². The number of fused-ring (bicyclic) bond motifs is 4. The quantitative estimate of drug-likeness (QED) is 0.557. The van der Waals surface area contributed by atoms with E-state index in [1.807, 2.05) is 18.3 Å². The molecule has 1 fully saturated rings. The molecule has 3 heterocycles. The average molecular weight is 431 g/mol. The van der Waals surface area contributed by atoms with E-state index < -0.39 is 23.5 Å². The zero-order chi connectivity index (χ0) is 21.8. The molecule has 0 N–H and O–H groups in total. The summed E-state index contributed by atoms with van der Waals surface area (Å²) in [6.07, 6.45) is 1.67. The zero-order valence-corrected chi connectivity index (χ0v) is 16.8. The third-order valence-corrected chi connectivity index (χ3v) is 6.16. The van der Waals surface area contributed by atoms with Crippen molar-refractivity contribution in [3.8, 4) is 11.3 Å². The Morgan fingerprint density at radius 2 is 2.13 bits per heavy atom. The third-order valence-electron chi connectivity index (χ3n) is 6.16. The highest BCUT2D eigenvalue weighted by Crippen LogP contribution is 2.56. The summed E-state index contributed by atoms with van der Waals surface area (Å²) in [5.74, 6) is -1.74. The maximum Gasteiger partial charge on any atom is 0.421 e. The first-order chi connectivity index (χ1) is 14.8. The third kappa shape index (κ3) is 3.14. The second-order valence-electron chi connectivity index (χ2n) is 8.04. The van der Waals surface area contributed by atoms with E-state index in [0.29, 0.717) is 13.0 Å². The largest absolute Gasteiger partial charge is 0.460 e. The van der Waals surface area contributed by atoms with Gasteiger partial charge >= 0.3 is 12.1 Å². The lowest BCUT2D eigenvalue weighted by Crippen LogP contribution is -2.38. The maximum absolute atomic E-state index is 14.1. The Morgan fingerprint density at radius 3 is 2.74 bits per heavy atom. The van der Waals surface area contributed by atoms with Gasteiger partial charge in [0.05, 0.1) is 24.4 Å². The molecule has 9 heteroatoms. The van der Waals surface area contributed by atoms with Gasteiger partial charge < -0.3 is 9.15 Å². The molecule has 1 saturated carbocycles. The molecule has 31 heavy (non-hydrogen) atoms. The van der Waals surface area contributed by atoms with Gasteiger partial charge in [0.25, 0.3) is 0 Å². The topological polar surface area (TPSA) is 70.2 Å². The number of furan rings is 1. The van der Waals surface area contributed by atoms with Crippen molar-refractivity contribution in [1.29, 1.82) is 0 Å². The van der Waals surface area contributed by atoms with Gasteiger partial charge in [0.2, 0.25) is 5.76 Å². The number of alkyl halides is 3. The number of aromatic nitrogens is 3. The number of ether oxygens (including phenoxy) is 1. The summed E-state index contributed by atoms with van der Waals surface area (Å²) in [5, 5.41) is 4.52. The maximum atomic E-state index is 14.1. The molecule has 162 valence electrons. The fourth-order valence-corrected chi connectivity index (χ4v) is 4.65. The molecule has 0 aromatic carbocycles. The van der Waals surface area contributed by atoms with Crippen LogP contribution in [0.4, 0.5) is 13.2 Å². The van der Waals surface area contributed by atoms with Gasteiger partial charge in [0.1, 0.15) is 17.0 Å². The van der Waals surface area contributed by atoms with Crippen LogP contribution in [0.15, 0.2) is 35.0 Å². The number of hydrogen-bond acceptors (Lipinski definition) is 5. The molecule has 0 aliphatic heterocycles.